The highest BCUT2D eigenvalue weighted by Crippen LogP contribution is 2.31. The number of phenols is 1. The maximum Gasteiger partial charge on any atom is 0.224 e. The lowest BCUT2D eigenvalue weighted by Crippen LogP contribution is -2.20. The van der Waals surface area contributed by atoms with Crippen molar-refractivity contribution in [3.05, 3.63) is 23.2 Å². The highest BCUT2D eigenvalue weighted by atomic mass is 35.5. The molecule has 0 radical (unpaired) electrons. The lowest BCUT2D eigenvalue weighted by molar-refractivity contribution is -0.116. The molecule has 1 aromatic carbocycles. The van der Waals surface area contributed by atoms with Gasteiger partial charge in [0.2, 0.25) is 5.91 Å². The number of nitrogens with one attached hydrogen (secondary N) is 1. The average molecular weight is 284 g/mol. The molecule has 104 valence electrons. The van der Waals surface area contributed by atoms with E-state index in [2.05, 4.69) is 5.32 Å². The SMILES string of the molecule is O=C(CC[C@H]1CCCOC1)Nc1cccc(Cl)c1O. The molecule has 0 unspecified atom stereocenters. The monoisotopic (exact) mass is 283 g/mol. The number of rotatable bonds is 4. The lowest BCUT2D eigenvalue weighted by atomic mass is 9.97. The van der Waals surface area contributed by atoms with Crippen LogP contribution in [-0.2, 0) is 9.53 Å². The summed E-state index contributed by atoms with van der Waals surface area (Å²) in [6.45, 7) is 1.58. The molecule has 0 spiro atoms. The second-order valence-electron chi connectivity index (χ2n) is 4.81. The van der Waals surface area contributed by atoms with Crippen LogP contribution in [0.3, 0.4) is 0 Å². The van der Waals surface area contributed by atoms with Gasteiger partial charge in [0, 0.05) is 19.6 Å². The highest BCUT2D eigenvalue weighted by Gasteiger charge is 2.16. The first-order chi connectivity index (χ1) is 9.16. The Morgan fingerprint density at radius 1 is 1.53 bits per heavy atom. The molecule has 5 heteroatoms. The quantitative estimate of drug-likeness (QED) is 0.834. The summed E-state index contributed by atoms with van der Waals surface area (Å²) >= 11 is 5.78. The van der Waals surface area contributed by atoms with Crippen LogP contribution in [0.1, 0.15) is 25.7 Å². The number of hydrogen-bond acceptors (Lipinski definition) is 3. The van der Waals surface area contributed by atoms with Gasteiger partial charge in [-0.15, -0.1) is 0 Å². The minimum Gasteiger partial charge on any atom is -0.504 e. The molecule has 1 aromatic rings. The maximum absolute atomic E-state index is 11.8. The first-order valence-electron chi connectivity index (χ1n) is 6.52. The van der Waals surface area contributed by atoms with E-state index in [1.54, 1.807) is 18.2 Å². The van der Waals surface area contributed by atoms with Crippen LogP contribution in [0.25, 0.3) is 0 Å². The zero-order valence-corrected chi connectivity index (χ0v) is 11.4. The summed E-state index contributed by atoms with van der Waals surface area (Å²) < 4.78 is 5.38. The van der Waals surface area contributed by atoms with Gasteiger partial charge >= 0.3 is 0 Å². The Kier molecular flexibility index (Phi) is 5.05. The van der Waals surface area contributed by atoms with E-state index >= 15 is 0 Å². The molecular weight excluding hydrogens is 266 g/mol. The molecule has 0 aromatic heterocycles. The molecule has 1 saturated heterocycles. The zero-order valence-electron chi connectivity index (χ0n) is 10.7. The molecule has 1 atom stereocenters. The van der Waals surface area contributed by atoms with Gasteiger partial charge in [-0.1, -0.05) is 17.7 Å². The van der Waals surface area contributed by atoms with Gasteiger partial charge < -0.3 is 15.2 Å². The van der Waals surface area contributed by atoms with Gasteiger partial charge in [0.25, 0.3) is 0 Å². The summed E-state index contributed by atoms with van der Waals surface area (Å²) in [5.41, 5.74) is 0.359. The van der Waals surface area contributed by atoms with Gasteiger partial charge in [0.15, 0.2) is 5.75 Å². The normalized spacial score (nSPS) is 19.1. The number of benzene rings is 1. The van der Waals surface area contributed by atoms with Crippen molar-refractivity contribution >= 4 is 23.2 Å². The van der Waals surface area contributed by atoms with E-state index < -0.39 is 0 Å². The van der Waals surface area contributed by atoms with Crippen molar-refractivity contribution in [1.29, 1.82) is 0 Å². The predicted octanol–water partition coefficient (Wildman–Crippen LogP) is 3.19. The number of hydrogen-bond donors (Lipinski definition) is 2. The van der Waals surface area contributed by atoms with Crippen molar-refractivity contribution in [2.24, 2.45) is 5.92 Å². The summed E-state index contributed by atoms with van der Waals surface area (Å²) in [6.07, 6.45) is 3.43. The van der Waals surface area contributed by atoms with Crippen LogP contribution in [-0.4, -0.2) is 24.2 Å². The van der Waals surface area contributed by atoms with Crippen molar-refractivity contribution in [2.75, 3.05) is 18.5 Å². The molecule has 1 heterocycles. The minimum atomic E-state index is -0.108. The average Bonchev–Trinajstić information content (AvgIpc) is 2.43. The molecule has 0 aliphatic carbocycles. The fourth-order valence-corrected chi connectivity index (χ4v) is 2.37. The molecule has 19 heavy (non-hydrogen) atoms. The number of phenolic OH excluding ortho intramolecular Hbond substituents is 1. The van der Waals surface area contributed by atoms with Crippen LogP contribution in [0, 0.1) is 5.92 Å². The Labute approximate surface area is 117 Å². The van der Waals surface area contributed by atoms with E-state index in [-0.39, 0.29) is 16.7 Å². The van der Waals surface area contributed by atoms with E-state index in [1.807, 2.05) is 0 Å². The van der Waals surface area contributed by atoms with Gasteiger partial charge in [-0.3, -0.25) is 4.79 Å². The smallest absolute Gasteiger partial charge is 0.224 e. The van der Waals surface area contributed by atoms with Crippen molar-refractivity contribution in [3.8, 4) is 5.75 Å². The third-order valence-corrected chi connectivity index (χ3v) is 3.60. The molecule has 1 fully saturated rings. The molecule has 1 aliphatic heterocycles. The fourth-order valence-electron chi connectivity index (χ4n) is 2.20. The third kappa shape index (κ3) is 4.11. The van der Waals surface area contributed by atoms with E-state index in [9.17, 15) is 9.90 Å². The van der Waals surface area contributed by atoms with Gasteiger partial charge in [-0.2, -0.15) is 0 Å². The summed E-state index contributed by atoms with van der Waals surface area (Å²) in [5.74, 6) is 0.272. The largest absolute Gasteiger partial charge is 0.504 e. The molecule has 2 rings (SSSR count). The van der Waals surface area contributed by atoms with Crippen molar-refractivity contribution < 1.29 is 14.6 Å². The molecule has 2 N–H and O–H groups in total. The Morgan fingerprint density at radius 2 is 2.37 bits per heavy atom. The first-order valence-corrected chi connectivity index (χ1v) is 6.89. The summed E-state index contributed by atoms with van der Waals surface area (Å²) in [4.78, 5) is 11.8. The Balaban J connectivity index is 1.82. The van der Waals surface area contributed by atoms with Crippen molar-refractivity contribution in [1.82, 2.24) is 0 Å². The van der Waals surface area contributed by atoms with Gasteiger partial charge in [-0.25, -0.2) is 0 Å². The van der Waals surface area contributed by atoms with E-state index in [1.165, 1.54) is 0 Å². The van der Waals surface area contributed by atoms with Gasteiger partial charge in [0.05, 0.1) is 10.7 Å². The van der Waals surface area contributed by atoms with Crippen molar-refractivity contribution in [2.45, 2.75) is 25.7 Å². The number of anilines is 1. The van der Waals surface area contributed by atoms with Crippen LogP contribution in [0.5, 0.6) is 5.75 Å². The summed E-state index contributed by atoms with van der Waals surface area (Å²) in [5, 5.41) is 12.6. The van der Waals surface area contributed by atoms with E-state index in [0.717, 1.165) is 32.5 Å². The Morgan fingerprint density at radius 3 is 3.11 bits per heavy atom. The Bertz CT molecular complexity index is 444. The Hall–Kier alpha value is -1.26. The van der Waals surface area contributed by atoms with Crippen LogP contribution in [0.4, 0.5) is 5.69 Å². The van der Waals surface area contributed by atoms with Crippen LogP contribution in [0.2, 0.25) is 5.02 Å². The predicted molar refractivity (Wildman–Crippen MR) is 74.5 cm³/mol. The number of carbonyl (C=O) groups excluding carboxylic acids is 1. The van der Waals surface area contributed by atoms with Crippen LogP contribution < -0.4 is 5.32 Å². The van der Waals surface area contributed by atoms with E-state index in [4.69, 9.17) is 16.3 Å². The zero-order chi connectivity index (χ0) is 13.7. The molecule has 1 amide bonds. The number of halogens is 1. The fraction of sp³-hybridized carbons (Fsp3) is 0.500. The van der Waals surface area contributed by atoms with Crippen LogP contribution in [0.15, 0.2) is 18.2 Å². The van der Waals surface area contributed by atoms with Crippen LogP contribution >= 0.6 is 11.6 Å². The number of aromatic hydroxyl groups is 1. The molecule has 0 saturated carbocycles. The maximum atomic E-state index is 11.8. The summed E-state index contributed by atoms with van der Waals surface area (Å²) in [7, 11) is 0. The van der Waals surface area contributed by atoms with Gasteiger partial charge in [-0.05, 0) is 37.3 Å². The number of para-hydroxylation sites is 1. The molecular formula is C14H18ClNO3. The van der Waals surface area contributed by atoms with Crippen molar-refractivity contribution in [3.63, 3.8) is 0 Å². The topological polar surface area (TPSA) is 58.6 Å². The first kappa shape index (κ1) is 14.2. The van der Waals surface area contributed by atoms with Gasteiger partial charge in [0.1, 0.15) is 0 Å². The highest BCUT2D eigenvalue weighted by molar-refractivity contribution is 6.32. The molecule has 4 nitrogen and oxygen atoms in total. The third-order valence-electron chi connectivity index (χ3n) is 3.30. The standard InChI is InChI=1S/C14H18ClNO3/c15-11-4-1-5-12(14(11)18)16-13(17)7-6-10-3-2-8-19-9-10/h1,4-5,10,18H,2-3,6-9H2,(H,16,17)/t10-/m1/s1. The van der Waals surface area contributed by atoms with E-state index in [0.29, 0.717) is 18.0 Å². The number of amides is 1. The number of ether oxygens (including phenoxy) is 1. The summed E-state index contributed by atoms with van der Waals surface area (Å²) in [6, 6.07) is 4.89. The minimum absolute atomic E-state index is 0.0847. The second-order valence-corrected chi connectivity index (χ2v) is 5.21. The molecule has 1 aliphatic rings. The molecule has 0 bridgehead atoms. The second kappa shape index (κ2) is 6.78. The lowest BCUT2D eigenvalue weighted by Gasteiger charge is -2.21. The number of carbonyl (C=O) groups is 1.